The number of anilines is 1. The van der Waals surface area contributed by atoms with E-state index in [0.717, 1.165) is 32.1 Å². The number of alkyl halides is 3. The van der Waals surface area contributed by atoms with Gasteiger partial charge in [0.15, 0.2) is 0 Å². The summed E-state index contributed by atoms with van der Waals surface area (Å²) >= 11 is 0.580. The highest BCUT2D eigenvalue weighted by atomic mass is 32.1. The van der Waals surface area contributed by atoms with Crippen molar-refractivity contribution in [2.75, 3.05) is 11.9 Å². The molecule has 4 nitrogen and oxygen atoms in total. The molecule has 0 radical (unpaired) electrons. The van der Waals surface area contributed by atoms with Crippen LogP contribution in [0.5, 0.6) is 0 Å². The molecule has 2 atom stereocenters. The molecule has 0 aromatic carbocycles. The van der Waals surface area contributed by atoms with Crippen LogP contribution < -0.4 is 5.32 Å². The number of nitrogens with zero attached hydrogens (tertiary/aromatic N) is 2. The summed E-state index contributed by atoms with van der Waals surface area (Å²) < 4.78 is 43.7. The first-order valence-electron chi connectivity index (χ1n) is 7.74. The average molecular weight is 335 g/mol. The third-order valence-electron chi connectivity index (χ3n) is 4.90. The van der Waals surface area contributed by atoms with Crippen molar-refractivity contribution in [3.05, 3.63) is 5.01 Å². The quantitative estimate of drug-likeness (QED) is 0.900. The first kappa shape index (κ1) is 16.0. The second-order valence-electron chi connectivity index (χ2n) is 6.08. The van der Waals surface area contributed by atoms with Crippen LogP contribution in [0.3, 0.4) is 0 Å². The van der Waals surface area contributed by atoms with Crippen molar-refractivity contribution < 1.29 is 17.9 Å². The van der Waals surface area contributed by atoms with Gasteiger partial charge in [-0.3, -0.25) is 0 Å². The smallest absolute Gasteiger partial charge is 0.378 e. The first-order chi connectivity index (χ1) is 10.5. The highest BCUT2D eigenvalue weighted by molar-refractivity contribution is 7.15. The number of nitrogens with one attached hydrogen (secondary N) is 1. The molecule has 1 N–H and O–H groups in total. The van der Waals surface area contributed by atoms with Crippen molar-refractivity contribution >= 4 is 16.5 Å². The zero-order valence-electron chi connectivity index (χ0n) is 12.4. The van der Waals surface area contributed by atoms with Gasteiger partial charge in [0.2, 0.25) is 10.1 Å². The van der Waals surface area contributed by atoms with Gasteiger partial charge in [-0.2, -0.15) is 13.2 Å². The van der Waals surface area contributed by atoms with Crippen LogP contribution in [-0.4, -0.2) is 29.0 Å². The predicted octanol–water partition coefficient (Wildman–Crippen LogP) is 4.10. The predicted molar refractivity (Wildman–Crippen MR) is 77.9 cm³/mol. The van der Waals surface area contributed by atoms with Crippen LogP contribution in [0.15, 0.2) is 0 Å². The van der Waals surface area contributed by atoms with E-state index in [9.17, 15) is 13.2 Å². The molecule has 1 aromatic heterocycles. The first-order valence-corrected chi connectivity index (χ1v) is 8.56. The number of hydrogen-bond acceptors (Lipinski definition) is 5. The van der Waals surface area contributed by atoms with Gasteiger partial charge in [0, 0.05) is 18.1 Å². The van der Waals surface area contributed by atoms with E-state index in [2.05, 4.69) is 15.5 Å². The van der Waals surface area contributed by atoms with Crippen LogP contribution in [0.4, 0.5) is 18.3 Å². The van der Waals surface area contributed by atoms with E-state index in [-0.39, 0.29) is 22.7 Å². The van der Waals surface area contributed by atoms with E-state index in [4.69, 9.17) is 4.74 Å². The molecule has 2 fully saturated rings. The number of halogens is 3. The average Bonchev–Trinajstić information content (AvgIpc) is 2.96. The molecule has 0 saturated heterocycles. The summed E-state index contributed by atoms with van der Waals surface area (Å²) in [5, 5.41) is 9.44. The van der Waals surface area contributed by atoms with Crippen molar-refractivity contribution in [1.29, 1.82) is 0 Å². The minimum Gasteiger partial charge on any atom is -0.378 e. The lowest BCUT2D eigenvalue weighted by molar-refractivity contribution is -0.138. The third-order valence-corrected chi connectivity index (χ3v) is 5.80. The third kappa shape index (κ3) is 2.82. The maximum Gasteiger partial charge on any atom is 0.445 e. The Kier molecular flexibility index (Phi) is 4.33. The number of rotatable bonds is 4. The van der Waals surface area contributed by atoms with Gasteiger partial charge in [-0.1, -0.05) is 30.6 Å². The Morgan fingerprint density at radius 1 is 1.27 bits per heavy atom. The van der Waals surface area contributed by atoms with Crippen LogP contribution in [-0.2, 0) is 10.9 Å². The molecular formula is C14H20F3N3OS. The van der Waals surface area contributed by atoms with Gasteiger partial charge in [0.05, 0.1) is 6.10 Å². The van der Waals surface area contributed by atoms with Gasteiger partial charge in [-0.05, 0) is 26.2 Å². The minimum absolute atomic E-state index is 0.0539. The Morgan fingerprint density at radius 3 is 2.59 bits per heavy atom. The Morgan fingerprint density at radius 2 is 2.00 bits per heavy atom. The molecule has 8 heteroatoms. The van der Waals surface area contributed by atoms with Crippen LogP contribution in [0.1, 0.15) is 50.5 Å². The molecule has 2 saturated carbocycles. The summed E-state index contributed by atoms with van der Waals surface area (Å²) in [5.41, 5.74) is 0.0539. The van der Waals surface area contributed by atoms with E-state index >= 15 is 0 Å². The van der Waals surface area contributed by atoms with Gasteiger partial charge >= 0.3 is 6.18 Å². The van der Waals surface area contributed by atoms with Gasteiger partial charge in [-0.15, -0.1) is 10.2 Å². The minimum atomic E-state index is -4.42. The molecule has 2 aliphatic carbocycles. The van der Waals surface area contributed by atoms with Crippen molar-refractivity contribution in [1.82, 2.24) is 10.2 Å². The van der Waals surface area contributed by atoms with Crippen LogP contribution in [0.2, 0.25) is 0 Å². The van der Waals surface area contributed by atoms with E-state index in [1.807, 2.05) is 6.92 Å². The number of ether oxygens (including phenoxy) is 1. The Balaban J connectivity index is 1.70. The standard InChI is InChI=1S/C14H20F3N3OS/c1-2-21-10-8-9(13(10)6-4-3-5-7-13)18-12-20-19-11(22-12)14(15,16)17/h9-10H,2-8H2,1H3,(H,18,20). The molecule has 0 amide bonds. The highest BCUT2D eigenvalue weighted by Crippen LogP contribution is 2.54. The molecule has 1 aromatic rings. The molecular weight excluding hydrogens is 315 g/mol. The summed E-state index contributed by atoms with van der Waals surface area (Å²) in [6.45, 7) is 2.66. The second kappa shape index (κ2) is 5.96. The van der Waals surface area contributed by atoms with E-state index in [1.165, 1.54) is 6.42 Å². The Bertz CT molecular complexity index is 514. The molecule has 22 heavy (non-hydrogen) atoms. The van der Waals surface area contributed by atoms with Gasteiger partial charge < -0.3 is 10.1 Å². The molecule has 3 rings (SSSR count). The molecule has 1 heterocycles. The summed E-state index contributed by atoms with van der Waals surface area (Å²) in [7, 11) is 0. The van der Waals surface area contributed by atoms with E-state index < -0.39 is 11.2 Å². The zero-order chi connectivity index (χ0) is 15.8. The summed E-state index contributed by atoms with van der Waals surface area (Å²) in [6, 6.07) is 0.137. The molecule has 0 bridgehead atoms. The van der Waals surface area contributed by atoms with Gasteiger partial charge in [-0.25, -0.2) is 0 Å². The highest BCUT2D eigenvalue weighted by Gasteiger charge is 2.56. The van der Waals surface area contributed by atoms with Crippen LogP contribution >= 0.6 is 11.3 Å². The largest absolute Gasteiger partial charge is 0.445 e. The molecule has 1 spiro atoms. The second-order valence-corrected chi connectivity index (χ2v) is 7.06. The SMILES string of the molecule is CCOC1CC(Nc2nnc(C(F)(F)F)s2)C12CCCCC2. The summed E-state index contributed by atoms with van der Waals surface area (Å²) in [4.78, 5) is 0. The zero-order valence-corrected chi connectivity index (χ0v) is 13.3. The topological polar surface area (TPSA) is 47.0 Å². The van der Waals surface area contributed by atoms with E-state index in [0.29, 0.717) is 17.9 Å². The van der Waals surface area contributed by atoms with Crippen LogP contribution in [0.25, 0.3) is 0 Å². The molecule has 2 aliphatic rings. The fourth-order valence-corrected chi connectivity index (χ4v) is 4.47. The normalized spacial score (nSPS) is 27.6. The lowest BCUT2D eigenvalue weighted by Crippen LogP contribution is -2.62. The van der Waals surface area contributed by atoms with Crippen molar-refractivity contribution in [3.8, 4) is 0 Å². The Hall–Kier alpha value is -0.890. The maximum atomic E-state index is 12.6. The fraction of sp³-hybridized carbons (Fsp3) is 0.857. The van der Waals surface area contributed by atoms with Crippen LogP contribution in [0, 0.1) is 5.41 Å². The summed E-state index contributed by atoms with van der Waals surface area (Å²) in [6.07, 6.45) is 2.30. The lowest BCUT2D eigenvalue weighted by Gasteiger charge is -2.57. The van der Waals surface area contributed by atoms with Crippen molar-refractivity contribution in [2.45, 2.75) is 63.8 Å². The number of aromatic nitrogens is 2. The van der Waals surface area contributed by atoms with Gasteiger partial charge in [0.25, 0.3) is 0 Å². The lowest BCUT2D eigenvalue weighted by atomic mass is 9.55. The number of hydrogen-bond donors (Lipinski definition) is 1. The van der Waals surface area contributed by atoms with Crippen molar-refractivity contribution in [3.63, 3.8) is 0 Å². The maximum absolute atomic E-state index is 12.6. The molecule has 2 unspecified atom stereocenters. The summed E-state index contributed by atoms with van der Waals surface area (Å²) in [5.74, 6) is 0. The molecule has 124 valence electrons. The van der Waals surface area contributed by atoms with Gasteiger partial charge in [0.1, 0.15) is 0 Å². The Labute approximate surface area is 131 Å². The fourth-order valence-electron chi connectivity index (χ4n) is 3.81. The van der Waals surface area contributed by atoms with E-state index in [1.54, 1.807) is 0 Å². The van der Waals surface area contributed by atoms with Crippen molar-refractivity contribution in [2.24, 2.45) is 5.41 Å². The molecule has 0 aliphatic heterocycles. The monoisotopic (exact) mass is 335 g/mol.